The number of benzene rings is 4. The van der Waals surface area contributed by atoms with Crippen LogP contribution < -0.4 is 5.73 Å². The minimum atomic E-state index is -0.989. The van der Waals surface area contributed by atoms with Gasteiger partial charge in [-0.25, -0.2) is 0 Å². The third kappa shape index (κ3) is 2.94. The number of nitrogens with two attached hydrogens (primary N) is 1. The Labute approximate surface area is 167 Å². The number of fused-ring (bicyclic) bond motifs is 3. The topological polar surface area (TPSA) is 79.1 Å². The zero-order valence-corrected chi connectivity index (χ0v) is 15.7. The van der Waals surface area contributed by atoms with E-state index in [4.69, 9.17) is 10.8 Å². The minimum Gasteiger partial charge on any atom is -0.480 e. The highest BCUT2D eigenvalue weighted by Gasteiger charge is 2.17. The van der Waals surface area contributed by atoms with Crippen LogP contribution in [-0.4, -0.2) is 22.1 Å². The first-order chi connectivity index (χ1) is 14.1. The van der Waals surface area contributed by atoms with Gasteiger partial charge in [0.25, 0.3) is 0 Å². The van der Waals surface area contributed by atoms with Crippen molar-refractivity contribution in [3.05, 3.63) is 84.6 Å². The maximum atomic E-state index is 11.2. The second-order valence-corrected chi connectivity index (χ2v) is 7.42. The Morgan fingerprint density at radius 2 is 1.55 bits per heavy atom. The van der Waals surface area contributed by atoms with E-state index in [1.54, 1.807) is 0 Å². The number of aromatic amines is 1. The van der Waals surface area contributed by atoms with Crippen molar-refractivity contribution in [2.45, 2.75) is 12.5 Å². The molecule has 4 heteroatoms. The largest absolute Gasteiger partial charge is 0.480 e. The predicted octanol–water partition coefficient (Wildman–Crippen LogP) is 5.10. The molecule has 0 fully saturated rings. The summed E-state index contributed by atoms with van der Waals surface area (Å²) in [6.45, 7) is 0. The van der Waals surface area contributed by atoms with E-state index in [9.17, 15) is 4.79 Å². The Morgan fingerprint density at radius 3 is 2.34 bits per heavy atom. The Bertz CT molecular complexity index is 1380. The molecule has 1 unspecified atom stereocenters. The number of carboxylic acids is 1. The van der Waals surface area contributed by atoms with E-state index in [1.165, 1.54) is 21.5 Å². The van der Waals surface area contributed by atoms with Gasteiger partial charge in [-0.15, -0.1) is 0 Å². The van der Waals surface area contributed by atoms with E-state index in [0.29, 0.717) is 6.42 Å². The van der Waals surface area contributed by atoms with Crippen LogP contribution in [0.2, 0.25) is 0 Å². The molecular formula is C25H20N2O2. The lowest BCUT2D eigenvalue weighted by molar-refractivity contribution is -0.138. The van der Waals surface area contributed by atoms with Crippen LogP contribution in [0.5, 0.6) is 0 Å². The summed E-state index contributed by atoms with van der Waals surface area (Å²) < 4.78 is 0. The van der Waals surface area contributed by atoms with Gasteiger partial charge in [0.15, 0.2) is 0 Å². The monoisotopic (exact) mass is 380 g/mol. The average molecular weight is 380 g/mol. The van der Waals surface area contributed by atoms with E-state index in [0.717, 1.165) is 27.6 Å². The van der Waals surface area contributed by atoms with Gasteiger partial charge in [0.05, 0.1) is 5.52 Å². The van der Waals surface area contributed by atoms with Gasteiger partial charge in [-0.2, -0.15) is 0 Å². The van der Waals surface area contributed by atoms with Crippen LogP contribution in [0.4, 0.5) is 0 Å². The van der Waals surface area contributed by atoms with Crippen molar-refractivity contribution < 1.29 is 9.90 Å². The van der Waals surface area contributed by atoms with E-state index in [2.05, 4.69) is 65.6 Å². The fraction of sp³-hybridized carbons (Fsp3) is 0.0800. The number of carboxylic acid groups (broad SMARTS) is 1. The van der Waals surface area contributed by atoms with Crippen LogP contribution >= 0.6 is 0 Å². The standard InChI is InChI=1S/C25H20N2O2/c26-23(25(28)29)13-18-14-27-24-19(18)8-4-10-21(24)20-9-3-7-17-11-15-5-1-2-6-16(15)12-22(17)20/h1-12,14,23,27H,13,26H2,(H,28,29). The molecule has 29 heavy (non-hydrogen) atoms. The fourth-order valence-corrected chi connectivity index (χ4v) is 4.13. The van der Waals surface area contributed by atoms with Gasteiger partial charge in [-0.1, -0.05) is 60.7 Å². The van der Waals surface area contributed by atoms with Crippen LogP contribution in [0.15, 0.2) is 79.0 Å². The van der Waals surface area contributed by atoms with E-state index < -0.39 is 12.0 Å². The summed E-state index contributed by atoms with van der Waals surface area (Å²) in [4.78, 5) is 14.5. The zero-order valence-electron chi connectivity index (χ0n) is 15.7. The lowest BCUT2D eigenvalue weighted by Gasteiger charge is -2.10. The Hall–Kier alpha value is -3.63. The molecule has 4 aromatic carbocycles. The second kappa shape index (κ2) is 6.76. The molecule has 0 aliphatic rings. The first-order valence-electron chi connectivity index (χ1n) is 9.61. The molecule has 1 atom stereocenters. The highest BCUT2D eigenvalue weighted by Crippen LogP contribution is 2.36. The summed E-state index contributed by atoms with van der Waals surface area (Å²) in [7, 11) is 0. The summed E-state index contributed by atoms with van der Waals surface area (Å²) in [6.07, 6.45) is 2.16. The molecule has 1 aromatic heterocycles. The third-order valence-corrected chi connectivity index (χ3v) is 5.60. The Kier molecular flexibility index (Phi) is 4.07. The molecule has 142 valence electrons. The number of H-pyrrole nitrogens is 1. The summed E-state index contributed by atoms with van der Waals surface area (Å²) in [5.74, 6) is -0.989. The van der Waals surface area contributed by atoms with Crippen molar-refractivity contribution in [3.8, 4) is 11.1 Å². The Balaban J connectivity index is 1.71. The van der Waals surface area contributed by atoms with Gasteiger partial charge in [-0.05, 0) is 44.8 Å². The third-order valence-electron chi connectivity index (χ3n) is 5.60. The maximum Gasteiger partial charge on any atom is 0.320 e. The SMILES string of the molecule is NC(Cc1c[nH]c2c(-c3cccc4cc5ccccc5cc34)cccc12)C(=O)O. The molecule has 4 nitrogen and oxygen atoms in total. The minimum absolute atomic E-state index is 0.291. The molecule has 1 heterocycles. The molecule has 0 radical (unpaired) electrons. The van der Waals surface area contributed by atoms with Crippen LogP contribution in [-0.2, 0) is 11.2 Å². The van der Waals surface area contributed by atoms with Crippen molar-refractivity contribution in [2.24, 2.45) is 5.73 Å². The smallest absolute Gasteiger partial charge is 0.320 e. The van der Waals surface area contributed by atoms with E-state index >= 15 is 0 Å². The zero-order chi connectivity index (χ0) is 20.0. The number of hydrogen-bond acceptors (Lipinski definition) is 2. The lowest BCUT2D eigenvalue weighted by Crippen LogP contribution is -2.32. The van der Waals surface area contributed by atoms with Crippen molar-refractivity contribution in [3.63, 3.8) is 0 Å². The molecule has 0 amide bonds. The van der Waals surface area contributed by atoms with Gasteiger partial charge in [0, 0.05) is 23.6 Å². The van der Waals surface area contributed by atoms with Gasteiger partial charge in [-0.3, -0.25) is 4.79 Å². The molecule has 0 bridgehead atoms. The fourth-order valence-electron chi connectivity index (χ4n) is 4.13. The van der Waals surface area contributed by atoms with Crippen LogP contribution in [0.3, 0.4) is 0 Å². The number of rotatable bonds is 4. The summed E-state index contributed by atoms with van der Waals surface area (Å²) >= 11 is 0. The molecule has 0 aliphatic carbocycles. The Morgan fingerprint density at radius 1 is 0.862 bits per heavy atom. The van der Waals surface area contributed by atoms with Crippen molar-refractivity contribution in [1.29, 1.82) is 0 Å². The molecule has 0 saturated carbocycles. The molecular weight excluding hydrogens is 360 g/mol. The first-order valence-corrected chi connectivity index (χ1v) is 9.61. The summed E-state index contributed by atoms with van der Waals surface area (Å²) in [5, 5.41) is 15.0. The number of aromatic nitrogens is 1. The highest BCUT2D eigenvalue weighted by molar-refractivity contribution is 6.09. The van der Waals surface area contributed by atoms with Crippen molar-refractivity contribution >= 4 is 38.4 Å². The normalized spacial score (nSPS) is 12.6. The van der Waals surface area contributed by atoms with Crippen molar-refractivity contribution in [2.75, 3.05) is 0 Å². The van der Waals surface area contributed by atoms with Crippen LogP contribution in [0, 0.1) is 0 Å². The average Bonchev–Trinajstić information content (AvgIpc) is 3.14. The van der Waals surface area contributed by atoms with Gasteiger partial charge in [0.2, 0.25) is 0 Å². The number of carbonyl (C=O) groups is 1. The number of hydrogen-bond donors (Lipinski definition) is 3. The van der Waals surface area contributed by atoms with Gasteiger partial charge < -0.3 is 15.8 Å². The second-order valence-electron chi connectivity index (χ2n) is 7.42. The van der Waals surface area contributed by atoms with Gasteiger partial charge >= 0.3 is 5.97 Å². The van der Waals surface area contributed by atoms with E-state index in [1.807, 2.05) is 18.3 Å². The number of para-hydroxylation sites is 1. The first kappa shape index (κ1) is 17.5. The van der Waals surface area contributed by atoms with Crippen LogP contribution in [0.1, 0.15) is 5.56 Å². The maximum absolute atomic E-state index is 11.2. The molecule has 0 saturated heterocycles. The summed E-state index contributed by atoms with van der Waals surface area (Å²) in [5.41, 5.74) is 9.93. The van der Waals surface area contributed by atoms with Crippen LogP contribution in [0.25, 0.3) is 43.6 Å². The van der Waals surface area contributed by atoms with Crippen molar-refractivity contribution in [1.82, 2.24) is 4.98 Å². The molecule has 5 rings (SSSR count). The molecule has 0 spiro atoms. The highest BCUT2D eigenvalue weighted by atomic mass is 16.4. The number of nitrogens with one attached hydrogen (secondary N) is 1. The van der Waals surface area contributed by atoms with Gasteiger partial charge in [0.1, 0.15) is 6.04 Å². The number of aliphatic carboxylic acids is 1. The van der Waals surface area contributed by atoms with E-state index in [-0.39, 0.29) is 0 Å². The predicted molar refractivity (Wildman–Crippen MR) is 118 cm³/mol. The quantitative estimate of drug-likeness (QED) is 0.380. The molecule has 5 aromatic rings. The lowest BCUT2D eigenvalue weighted by atomic mass is 9.94. The summed E-state index contributed by atoms with van der Waals surface area (Å²) in [6, 6.07) is 24.4. The molecule has 4 N–H and O–H groups in total. The molecule has 0 aliphatic heterocycles.